The molecule has 0 saturated carbocycles. The van der Waals surface area contributed by atoms with Gasteiger partial charge in [0.05, 0.1) is 5.92 Å². The summed E-state index contributed by atoms with van der Waals surface area (Å²) in [7, 11) is 1.73. The maximum Gasteiger partial charge on any atom is 0.232 e. The number of nitrogens with two attached hydrogens (primary N) is 1. The maximum absolute atomic E-state index is 12.5. The van der Waals surface area contributed by atoms with Gasteiger partial charge in [-0.15, -0.1) is 0 Å². The van der Waals surface area contributed by atoms with Crippen molar-refractivity contribution >= 4 is 11.7 Å². The van der Waals surface area contributed by atoms with Gasteiger partial charge in [-0.05, 0) is 24.1 Å². The van der Waals surface area contributed by atoms with E-state index in [1.807, 2.05) is 48.5 Å². The molecule has 0 saturated heterocycles. The fourth-order valence-corrected chi connectivity index (χ4v) is 2.11. The lowest BCUT2D eigenvalue weighted by Gasteiger charge is -2.22. The van der Waals surface area contributed by atoms with Gasteiger partial charge in [0, 0.05) is 19.8 Å². The predicted octanol–water partition coefficient (Wildman–Crippen LogP) is 1.86. The zero-order valence-corrected chi connectivity index (χ0v) is 11.6. The van der Waals surface area contributed by atoms with Gasteiger partial charge in [0.1, 0.15) is 5.82 Å². The lowest BCUT2D eigenvalue weighted by molar-refractivity contribution is -0.121. The van der Waals surface area contributed by atoms with Crippen LogP contribution in [0.15, 0.2) is 54.7 Å². The average molecular weight is 269 g/mol. The van der Waals surface area contributed by atoms with Crippen molar-refractivity contribution in [3.05, 3.63) is 60.3 Å². The van der Waals surface area contributed by atoms with E-state index in [4.69, 9.17) is 5.73 Å². The number of pyridine rings is 1. The highest BCUT2D eigenvalue weighted by molar-refractivity contribution is 5.93. The highest BCUT2D eigenvalue weighted by Crippen LogP contribution is 2.14. The van der Waals surface area contributed by atoms with Crippen LogP contribution in [0, 0.1) is 5.92 Å². The predicted molar refractivity (Wildman–Crippen MR) is 80.3 cm³/mol. The minimum absolute atomic E-state index is 0.00458. The number of amides is 1. The van der Waals surface area contributed by atoms with Gasteiger partial charge < -0.3 is 5.73 Å². The van der Waals surface area contributed by atoms with Gasteiger partial charge in [0.15, 0.2) is 0 Å². The molecule has 2 rings (SSSR count). The number of carbonyl (C=O) groups is 1. The van der Waals surface area contributed by atoms with E-state index in [2.05, 4.69) is 4.98 Å². The number of carbonyl (C=O) groups excluding carboxylic acids is 1. The monoisotopic (exact) mass is 269 g/mol. The molecule has 0 fully saturated rings. The van der Waals surface area contributed by atoms with Crippen molar-refractivity contribution in [2.45, 2.75) is 6.42 Å². The Labute approximate surface area is 119 Å². The van der Waals surface area contributed by atoms with Gasteiger partial charge in [-0.3, -0.25) is 9.69 Å². The summed E-state index contributed by atoms with van der Waals surface area (Å²) in [6.07, 6.45) is 2.32. The average Bonchev–Trinajstić information content (AvgIpc) is 2.53. The Morgan fingerprint density at radius 2 is 1.90 bits per heavy atom. The Morgan fingerprint density at radius 1 is 1.20 bits per heavy atom. The molecule has 4 nitrogen and oxygen atoms in total. The summed E-state index contributed by atoms with van der Waals surface area (Å²) in [6.45, 7) is 0.324. The van der Waals surface area contributed by atoms with Gasteiger partial charge >= 0.3 is 0 Å². The summed E-state index contributed by atoms with van der Waals surface area (Å²) in [5.74, 6) is 0.406. The second-order valence-corrected chi connectivity index (χ2v) is 4.71. The first-order chi connectivity index (χ1) is 9.72. The third-order valence-corrected chi connectivity index (χ3v) is 3.28. The fourth-order valence-electron chi connectivity index (χ4n) is 2.11. The lowest BCUT2D eigenvalue weighted by atomic mass is 9.98. The fraction of sp³-hybridized carbons (Fsp3) is 0.250. The lowest BCUT2D eigenvalue weighted by Crippen LogP contribution is -2.38. The van der Waals surface area contributed by atoms with E-state index in [1.165, 1.54) is 0 Å². The smallest absolute Gasteiger partial charge is 0.232 e. The van der Waals surface area contributed by atoms with E-state index in [-0.39, 0.29) is 11.8 Å². The number of nitrogens with zero attached hydrogens (tertiary/aromatic N) is 2. The van der Waals surface area contributed by atoms with E-state index >= 15 is 0 Å². The minimum Gasteiger partial charge on any atom is -0.330 e. The van der Waals surface area contributed by atoms with Crippen molar-refractivity contribution in [2.24, 2.45) is 11.7 Å². The molecule has 0 bridgehead atoms. The number of hydrogen-bond donors (Lipinski definition) is 1. The zero-order valence-electron chi connectivity index (χ0n) is 11.6. The molecule has 1 heterocycles. The van der Waals surface area contributed by atoms with Crippen molar-refractivity contribution in [1.29, 1.82) is 0 Å². The van der Waals surface area contributed by atoms with E-state index < -0.39 is 0 Å². The van der Waals surface area contributed by atoms with Gasteiger partial charge in [-0.1, -0.05) is 36.4 Å². The first-order valence-electron chi connectivity index (χ1n) is 6.65. The van der Waals surface area contributed by atoms with E-state index in [1.54, 1.807) is 18.1 Å². The molecule has 104 valence electrons. The third-order valence-electron chi connectivity index (χ3n) is 3.28. The summed E-state index contributed by atoms with van der Waals surface area (Å²) in [5.41, 5.74) is 6.89. The number of rotatable bonds is 5. The molecule has 2 aromatic rings. The van der Waals surface area contributed by atoms with Crippen LogP contribution in [0.1, 0.15) is 5.56 Å². The number of anilines is 1. The highest BCUT2D eigenvalue weighted by Gasteiger charge is 2.22. The van der Waals surface area contributed by atoms with Gasteiger partial charge in [0.2, 0.25) is 5.91 Å². The second-order valence-electron chi connectivity index (χ2n) is 4.71. The Balaban J connectivity index is 2.09. The standard InChI is InChI=1S/C16H19N3O/c1-19(15-9-5-6-10-18-15)16(20)14(12-17)11-13-7-3-2-4-8-13/h2-10,14H,11-12,17H2,1H3. The van der Waals surface area contributed by atoms with Crippen LogP contribution in [0.2, 0.25) is 0 Å². The second kappa shape index (κ2) is 6.82. The van der Waals surface area contributed by atoms with Crippen LogP contribution in [0.3, 0.4) is 0 Å². The van der Waals surface area contributed by atoms with Gasteiger partial charge in [-0.25, -0.2) is 4.98 Å². The Bertz CT molecular complexity index is 542. The van der Waals surface area contributed by atoms with Crippen molar-refractivity contribution in [3.8, 4) is 0 Å². The van der Waals surface area contributed by atoms with Crippen molar-refractivity contribution in [2.75, 3.05) is 18.5 Å². The third kappa shape index (κ3) is 3.42. The normalized spacial score (nSPS) is 11.9. The number of benzene rings is 1. The summed E-state index contributed by atoms with van der Waals surface area (Å²) >= 11 is 0. The SMILES string of the molecule is CN(C(=O)C(CN)Cc1ccccc1)c1ccccn1. The summed E-state index contributed by atoms with van der Waals surface area (Å²) in [6, 6.07) is 15.4. The molecular weight excluding hydrogens is 250 g/mol. The molecular formula is C16H19N3O. The quantitative estimate of drug-likeness (QED) is 0.901. The number of hydrogen-bond acceptors (Lipinski definition) is 3. The van der Waals surface area contributed by atoms with E-state index in [0.717, 1.165) is 5.56 Å². The highest BCUT2D eigenvalue weighted by atomic mass is 16.2. The minimum atomic E-state index is -0.232. The van der Waals surface area contributed by atoms with E-state index in [0.29, 0.717) is 18.8 Å². The molecule has 1 amide bonds. The van der Waals surface area contributed by atoms with Gasteiger partial charge in [-0.2, -0.15) is 0 Å². The summed E-state index contributed by atoms with van der Waals surface area (Å²) in [5, 5.41) is 0. The molecule has 0 spiro atoms. The largest absolute Gasteiger partial charge is 0.330 e. The van der Waals surface area contributed by atoms with Crippen LogP contribution in [0.4, 0.5) is 5.82 Å². The molecule has 1 aromatic carbocycles. The Hall–Kier alpha value is -2.20. The molecule has 1 atom stereocenters. The van der Waals surface area contributed by atoms with Crippen LogP contribution < -0.4 is 10.6 Å². The van der Waals surface area contributed by atoms with Crippen LogP contribution in [0.25, 0.3) is 0 Å². The van der Waals surface area contributed by atoms with E-state index in [9.17, 15) is 4.79 Å². The molecule has 20 heavy (non-hydrogen) atoms. The molecule has 0 aliphatic heterocycles. The van der Waals surface area contributed by atoms with Crippen LogP contribution in [0.5, 0.6) is 0 Å². The molecule has 0 aliphatic carbocycles. The molecule has 1 unspecified atom stereocenters. The number of aromatic nitrogens is 1. The zero-order chi connectivity index (χ0) is 14.4. The Morgan fingerprint density at radius 3 is 2.50 bits per heavy atom. The van der Waals surface area contributed by atoms with Crippen LogP contribution in [-0.4, -0.2) is 24.5 Å². The molecule has 2 N–H and O–H groups in total. The van der Waals surface area contributed by atoms with Crippen LogP contribution in [-0.2, 0) is 11.2 Å². The first kappa shape index (κ1) is 14.2. The summed E-state index contributed by atoms with van der Waals surface area (Å²) < 4.78 is 0. The molecule has 0 aliphatic rings. The maximum atomic E-state index is 12.5. The molecule has 0 radical (unpaired) electrons. The van der Waals surface area contributed by atoms with Crippen molar-refractivity contribution in [1.82, 2.24) is 4.98 Å². The first-order valence-corrected chi connectivity index (χ1v) is 6.65. The van der Waals surface area contributed by atoms with Crippen molar-refractivity contribution in [3.63, 3.8) is 0 Å². The molecule has 1 aromatic heterocycles. The van der Waals surface area contributed by atoms with Crippen molar-refractivity contribution < 1.29 is 4.79 Å². The topological polar surface area (TPSA) is 59.2 Å². The molecule has 4 heteroatoms. The summed E-state index contributed by atoms with van der Waals surface area (Å²) in [4.78, 5) is 18.2. The van der Waals surface area contributed by atoms with Crippen LogP contribution >= 0.6 is 0 Å². The van der Waals surface area contributed by atoms with Gasteiger partial charge in [0.25, 0.3) is 0 Å². The Kier molecular flexibility index (Phi) is 4.85.